The average molecular weight is 407 g/mol. The van der Waals surface area contributed by atoms with Gasteiger partial charge in [-0.15, -0.1) is 11.3 Å². The van der Waals surface area contributed by atoms with Crippen LogP contribution in [0.3, 0.4) is 0 Å². The zero-order valence-corrected chi connectivity index (χ0v) is 16.7. The quantitative estimate of drug-likeness (QED) is 0.669. The number of aryl methyl sites for hydroxylation is 1. The maximum absolute atomic E-state index is 12.8. The zero-order chi connectivity index (χ0) is 18.9. The van der Waals surface area contributed by atoms with E-state index in [4.69, 9.17) is 23.2 Å². The molecule has 0 atom stereocenters. The van der Waals surface area contributed by atoms with Gasteiger partial charge in [-0.1, -0.05) is 29.3 Å². The highest BCUT2D eigenvalue weighted by atomic mass is 35.5. The van der Waals surface area contributed by atoms with Gasteiger partial charge in [0, 0.05) is 12.4 Å². The van der Waals surface area contributed by atoms with Gasteiger partial charge in [0.05, 0.1) is 21.3 Å². The monoisotopic (exact) mass is 406 g/mol. The van der Waals surface area contributed by atoms with Crippen LogP contribution in [0.25, 0.3) is 10.8 Å². The van der Waals surface area contributed by atoms with Crippen molar-refractivity contribution in [1.82, 2.24) is 20.3 Å². The fraction of sp³-hybridized carbons (Fsp3) is 0.222. The maximum Gasteiger partial charge on any atom is 0.263 e. The van der Waals surface area contributed by atoms with Crippen LogP contribution in [-0.4, -0.2) is 20.9 Å². The van der Waals surface area contributed by atoms with E-state index in [2.05, 4.69) is 20.3 Å². The smallest absolute Gasteiger partial charge is 0.263 e. The molecular weight excluding hydrogens is 391 g/mol. The van der Waals surface area contributed by atoms with Crippen molar-refractivity contribution < 1.29 is 4.79 Å². The lowest BCUT2D eigenvalue weighted by Crippen LogP contribution is -2.40. The van der Waals surface area contributed by atoms with Gasteiger partial charge in [0.15, 0.2) is 10.8 Å². The van der Waals surface area contributed by atoms with Gasteiger partial charge in [0.25, 0.3) is 5.91 Å². The molecule has 1 aromatic carbocycles. The van der Waals surface area contributed by atoms with E-state index in [-0.39, 0.29) is 5.91 Å². The molecule has 0 spiro atoms. The molecule has 5 nitrogen and oxygen atoms in total. The van der Waals surface area contributed by atoms with Crippen LogP contribution in [0.1, 0.15) is 34.8 Å². The van der Waals surface area contributed by atoms with E-state index < -0.39 is 5.54 Å². The highest BCUT2D eigenvalue weighted by Gasteiger charge is 2.26. The minimum Gasteiger partial charge on any atom is -0.342 e. The fourth-order valence-corrected chi connectivity index (χ4v) is 3.62. The molecule has 1 amide bonds. The number of hydrogen-bond acceptors (Lipinski definition) is 5. The topological polar surface area (TPSA) is 67.8 Å². The second kappa shape index (κ2) is 7.31. The SMILES string of the molecule is Cc1nc(-c2ncccn2)sc1C(=O)NC(C)(C)c1ccc(Cl)c(Cl)c1. The molecule has 2 heterocycles. The normalized spacial score (nSPS) is 11.4. The van der Waals surface area contributed by atoms with E-state index in [9.17, 15) is 4.79 Å². The molecular formula is C18H16Cl2N4OS. The van der Waals surface area contributed by atoms with Crippen molar-refractivity contribution in [3.63, 3.8) is 0 Å². The Labute approximate surface area is 165 Å². The highest BCUT2D eigenvalue weighted by Crippen LogP contribution is 2.30. The summed E-state index contributed by atoms with van der Waals surface area (Å²) in [6.45, 7) is 5.61. The number of hydrogen-bond donors (Lipinski definition) is 1. The third kappa shape index (κ3) is 3.87. The van der Waals surface area contributed by atoms with Crippen molar-refractivity contribution in [2.24, 2.45) is 0 Å². The van der Waals surface area contributed by atoms with Crippen LogP contribution in [0.15, 0.2) is 36.7 Å². The maximum atomic E-state index is 12.8. The molecule has 2 aromatic heterocycles. The van der Waals surface area contributed by atoms with Crippen LogP contribution >= 0.6 is 34.5 Å². The van der Waals surface area contributed by atoms with E-state index in [1.807, 2.05) is 19.9 Å². The molecule has 0 aliphatic heterocycles. The van der Waals surface area contributed by atoms with Crippen LogP contribution in [0, 0.1) is 6.92 Å². The lowest BCUT2D eigenvalue weighted by molar-refractivity contribution is 0.0915. The zero-order valence-electron chi connectivity index (χ0n) is 14.4. The number of amides is 1. The molecule has 8 heteroatoms. The number of carbonyl (C=O) groups is 1. The molecule has 26 heavy (non-hydrogen) atoms. The number of halogens is 2. The lowest BCUT2D eigenvalue weighted by Gasteiger charge is -2.27. The number of nitrogens with zero attached hydrogens (tertiary/aromatic N) is 3. The molecule has 0 aliphatic rings. The van der Waals surface area contributed by atoms with Crippen molar-refractivity contribution in [2.75, 3.05) is 0 Å². The number of carbonyl (C=O) groups excluding carboxylic acids is 1. The first-order chi connectivity index (χ1) is 12.3. The van der Waals surface area contributed by atoms with Crippen molar-refractivity contribution in [2.45, 2.75) is 26.3 Å². The van der Waals surface area contributed by atoms with Gasteiger partial charge in [0.1, 0.15) is 4.88 Å². The summed E-state index contributed by atoms with van der Waals surface area (Å²) in [5.74, 6) is 0.293. The summed E-state index contributed by atoms with van der Waals surface area (Å²) in [5.41, 5.74) is 0.861. The second-order valence-corrected chi connectivity index (χ2v) is 8.03. The first kappa shape index (κ1) is 18.8. The van der Waals surface area contributed by atoms with Crippen molar-refractivity contribution in [3.8, 4) is 10.8 Å². The van der Waals surface area contributed by atoms with Crippen LogP contribution in [0.4, 0.5) is 0 Å². The molecule has 1 N–H and O–H groups in total. The Hall–Kier alpha value is -2.02. The molecule has 0 radical (unpaired) electrons. The Morgan fingerprint density at radius 2 is 1.85 bits per heavy atom. The fourth-order valence-electron chi connectivity index (χ4n) is 2.41. The molecule has 0 fully saturated rings. The van der Waals surface area contributed by atoms with Gasteiger partial charge in [-0.3, -0.25) is 4.79 Å². The highest BCUT2D eigenvalue weighted by molar-refractivity contribution is 7.17. The number of aromatic nitrogens is 3. The molecule has 0 aliphatic carbocycles. The molecule has 134 valence electrons. The summed E-state index contributed by atoms with van der Waals surface area (Å²) in [4.78, 5) is 26.1. The Bertz CT molecular complexity index is 957. The van der Waals surface area contributed by atoms with Crippen LogP contribution in [0.5, 0.6) is 0 Å². The minimum absolute atomic E-state index is 0.210. The third-order valence-electron chi connectivity index (χ3n) is 3.83. The third-order valence-corrected chi connectivity index (χ3v) is 5.72. The summed E-state index contributed by atoms with van der Waals surface area (Å²) in [6, 6.07) is 7.05. The van der Waals surface area contributed by atoms with Crippen LogP contribution in [-0.2, 0) is 5.54 Å². The van der Waals surface area contributed by atoms with Gasteiger partial charge < -0.3 is 5.32 Å². The number of benzene rings is 1. The molecule has 0 bridgehead atoms. The van der Waals surface area contributed by atoms with Crippen LogP contribution < -0.4 is 5.32 Å². The number of rotatable bonds is 4. The van der Waals surface area contributed by atoms with Crippen molar-refractivity contribution in [1.29, 1.82) is 0 Å². The predicted octanol–water partition coefficient (Wildman–Crippen LogP) is 4.88. The van der Waals surface area contributed by atoms with Crippen molar-refractivity contribution in [3.05, 3.63) is 62.8 Å². The van der Waals surface area contributed by atoms with Gasteiger partial charge in [-0.05, 0) is 44.5 Å². The number of nitrogens with one attached hydrogen (secondary N) is 1. The predicted molar refractivity (Wildman–Crippen MR) is 105 cm³/mol. The van der Waals surface area contributed by atoms with E-state index in [0.29, 0.717) is 31.4 Å². The lowest BCUT2D eigenvalue weighted by atomic mass is 9.94. The molecule has 0 saturated carbocycles. The van der Waals surface area contributed by atoms with Gasteiger partial charge in [-0.25, -0.2) is 15.0 Å². The Morgan fingerprint density at radius 1 is 1.15 bits per heavy atom. The first-order valence-corrected chi connectivity index (χ1v) is 9.38. The Morgan fingerprint density at radius 3 is 2.50 bits per heavy atom. The Kier molecular flexibility index (Phi) is 5.27. The van der Waals surface area contributed by atoms with E-state index in [0.717, 1.165) is 5.56 Å². The van der Waals surface area contributed by atoms with Crippen LogP contribution in [0.2, 0.25) is 10.0 Å². The minimum atomic E-state index is -0.634. The summed E-state index contributed by atoms with van der Waals surface area (Å²) < 4.78 is 0. The summed E-state index contributed by atoms with van der Waals surface area (Å²) in [5, 5.41) is 4.57. The number of thiazole rings is 1. The molecule has 0 unspecified atom stereocenters. The molecule has 3 aromatic rings. The standard InChI is InChI=1S/C18H16Cl2N4OS/c1-10-14(26-17(23-10)15-21-7-4-8-22-15)16(25)24-18(2,3)11-5-6-12(19)13(20)9-11/h4-9H,1-3H3,(H,24,25). The van der Waals surface area contributed by atoms with Gasteiger partial charge in [0.2, 0.25) is 0 Å². The van der Waals surface area contributed by atoms with Gasteiger partial charge in [-0.2, -0.15) is 0 Å². The average Bonchev–Trinajstić information content (AvgIpc) is 2.99. The molecule has 0 saturated heterocycles. The van der Waals surface area contributed by atoms with Crippen molar-refractivity contribution >= 4 is 40.4 Å². The van der Waals surface area contributed by atoms with Gasteiger partial charge >= 0.3 is 0 Å². The molecule has 3 rings (SSSR count). The largest absolute Gasteiger partial charge is 0.342 e. The summed E-state index contributed by atoms with van der Waals surface area (Å²) >= 11 is 13.3. The summed E-state index contributed by atoms with van der Waals surface area (Å²) in [7, 11) is 0. The Balaban J connectivity index is 1.85. The van der Waals surface area contributed by atoms with E-state index in [1.165, 1.54) is 11.3 Å². The first-order valence-electron chi connectivity index (χ1n) is 7.81. The summed E-state index contributed by atoms with van der Waals surface area (Å²) in [6.07, 6.45) is 3.29. The second-order valence-electron chi connectivity index (χ2n) is 6.21. The van der Waals surface area contributed by atoms with E-state index >= 15 is 0 Å². The van der Waals surface area contributed by atoms with E-state index in [1.54, 1.807) is 37.5 Å².